The van der Waals surface area contributed by atoms with Crippen LogP contribution in [-0.2, 0) is 11.3 Å². The Kier molecular flexibility index (Phi) is 4.87. The van der Waals surface area contributed by atoms with Crippen LogP contribution in [0.5, 0.6) is 0 Å². The van der Waals surface area contributed by atoms with Crippen LogP contribution in [0.1, 0.15) is 17.4 Å². The lowest BCUT2D eigenvalue weighted by Gasteiger charge is -2.11. The summed E-state index contributed by atoms with van der Waals surface area (Å²) in [4.78, 5) is 10.5. The van der Waals surface area contributed by atoms with Gasteiger partial charge in [-0.15, -0.1) is 5.10 Å². The number of carbonyl (C=O) groups is 1. The van der Waals surface area contributed by atoms with Crippen LogP contribution < -0.4 is 5.32 Å². The summed E-state index contributed by atoms with van der Waals surface area (Å²) < 4.78 is 6.46. The molecule has 2 N–H and O–H groups in total. The highest BCUT2D eigenvalue weighted by atomic mass is 16.5. The van der Waals surface area contributed by atoms with E-state index in [1.54, 1.807) is 7.11 Å². The maximum atomic E-state index is 10.5. The van der Waals surface area contributed by atoms with Crippen molar-refractivity contribution in [3.05, 3.63) is 11.9 Å². The summed E-state index contributed by atoms with van der Waals surface area (Å²) in [6, 6.07) is 0.257. The molecule has 1 heterocycles. The Morgan fingerprint density at radius 3 is 3.06 bits per heavy atom. The first-order valence-electron chi connectivity index (χ1n) is 4.99. The van der Waals surface area contributed by atoms with Gasteiger partial charge in [-0.05, 0) is 6.92 Å². The molecular weight excluding hydrogens is 212 g/mol. The number of hydrogen-bond donors (Lipinski definition) is 2. The molecule has 0 spiro atoms. The first-order valence-corrected chi connectivity index (χ1v) is 4.99. The Hall–Kier alpha value is -1.47. The van der Waals surface area contributed by atoms with E-state index in [4.69, 9.17) is 9.84 Å². The van der Waals surface area contributed by atoms with Gasteiger partial charge in [0.05, 0.1) is 19.3 Å². The molecule has 7 nitrogen and oxygen atoms in total. The van der Waals surface area contributed by atoms with Gasteiger partial charge in [0.2, 0.25) is 0 Å². The van der Waals surface area contributed by atoms with Crippen LogP contribution in [0.25, 0.3) is 0 Å². The predicted molar refractivity (Wildman–Crippen MR) is 56.3 cm³/mol. The fraction of sp³-hybridized carbons (Fsp3) is 0.667. The second kappa shape index (κ2) is 6.19. The quantitative estimate of drug-likeness (QED) is 0.660. The number of nitrogens with zero attached hydrogens (tertiary/aromatic N) is 3. The number of carboxylic acids is 1. The van der Waals surface area contributed by atoms with Gasteiger partial charge in [-0.1, -0.05) is 5.21 Å². The molecule has 0 radical (unpaired) electrons. The lowest BCUT2D eigenvalue weighted by molar-refractivity contribution is 0.0690. The van der Waals surface area contributed by atoms with Crippen LogP contribution >= 0.6 is 0 Å². The Labute approximate surface area is 93.4 Å². The Morgan fingerprint density at radius 1 is 1.75 bits per heavy atom. The number of aromatic nitrogens is 3. The van der Waals surface area contributed by atoms with Crippen LogP contribution in [0.15, 0.2) is 6.20 Å². The lowest BCUT2D eigenvalue weighted by atomic mass is 10.3. The molecule has 0 bridgehead atoms. The van der Waals surface area contributed by atoms with Gasteiger partial charge in [-0.25, -0.2) is 4.79 Å². The van der Waals surface area contributed by atoms with Gasteiger partial charge < -0.3 is 15.2 Å². The highest BCUT2D eigenvalue weighted by Crippen LogP contribution is 1.92. The summed E-state index contributed by atoms with van der Waals surface area (Å²) in [5.41, 5.74) is -0.0371. The van der Waals surface area contributed by atoms with E-state index >= 15 is 0 Å². The van der Waals surface area contributed by atoms with Gasteiger partial charge >= 0.3 is 5.97 Å². The molecule has 90 valence electrons. The number of hydrogen-bond acceptors (Lipinski definition) is 5. The Balaban J connectivity index is 2.29. The number of carboxylic acid groups (broad SMARTS) is 1. The van der Waals surface area contributed by atoms with Gasteiger partial charge in [0, 0.05) is 19.7 Å². The normalized spacial score (nSPS) is 12.6. The van der Waals surface area contributed by atoms with Crippen LogP contribution in [0.4, 0.5) is 0 Å². The summed E-state index contributed by atoms with van der Waals surface area (Å²) in [5.74, 6) is -1.06. The number of nitrogens with one attached hydrogen (secondary N) is 1. The molecule has 16 heavy (non-hydrogen) atoms. The highest BCUT2D eigenvalue weighted by molar-refractivity contribution is 5.84. The zero-order valence-electron chi connectivity index (χ0n) is 9.38. The third kappa shape index (κ3) is 3.95. The molecule has 0 aromatic carbocycles. The fourth-order valence-corrected chi connectivity index (χ4v) is 1.24. The molecule has 1 rings (SSSR count). The topological polar surface area (TPSA) is 89.3 Å². The minimum Gasteiger partial charge on any atom is -0.476 e. The number of aromatic carboxylic acids is 1. The molecule has 0 fully saturated rings. The summed E-state index contributed by atoms with van der Waals surface area (Å²) in [6.45, 7) is 3.91. The van der Waals surface area contributed by atoms with E-state index in [0.717, 1.165) is 0 Å². The maximum Gasteiger partial charge on any atom is 0.358 e. The minimum absolute atomic E-state index is 0.0371. The molecule has 1 atom stereocenters. The van der Waals surface area contributed by atoms with Gasteiger partial charge in [0.15, 0.2) is 5.69 Å². The van der Waals surface area contributed by atoms with Crippen molar-refractivity contribution < 1.29 is 14.6 Å². The van der Waals surface area contributed by atoms with Gasteiger partial charge in [-0.3, -0.25) is 4.68 Å². The molecule has 0 aliphatic heterocycles. The molecule has 0 amide bonds. The Bertz CT molecular complexity index is 339. The van der Waals surface area contributed by atoms with Crippen LogP contribution in [-0.4, -0.2) is 52.4 Å². The molecule has 0 saturated heterocycles. The summed E-state index contributed by atoms with van der Waals surface area (Å²) in [6.07, 6.45) is 1.41. The SMILES string of the molecule is COCC(C)NCCn1cc(C(=O)O)nn1. The maximum absolute atomic E-state index is 10.5. The molecule has 1 unspecified atom stereocenters. The predicted octanol–water partition coefficient (Wildman–Crippen LogP) is -0.399. The van der Waals surface area contributed by atoms with Crippen LogP contribution in [0.2, 0.25) is 0 Å². The van der Waals surface area contributed by atoms with E-state index in [0.29, 0.717) is 19.7 Å². The third-order valence-corrected chi connectivity index (χ3v) is 2.01. The summed E-state index contributed by atoms with van der Waals surface area (Å²) in [7, 11) is 1.65. The van der Waals surface area contributed by atoms with Crippen LogP contribution in [0, 0.1) is 0 Å². The van der Waals surface area contributed by atoms with Crippen molar-refractivity contribution in [1.29, 1.82) is 0 Å². The van der Waals surface area contributed by atoms with Gasteiger partial charge in [-0.2, -0.15) is 0 Å². The van der Waals surface area contributed by atoms with Gasteiger partial charge in [0.1, 0.15) is 0 Å². The van der Waals surface area contributed by atoms with Crippen molar-refractivity contribution in [2.24, 2.45) is 0 Å². The zero-order valence-corrected chi connectivity index (χ0v) is 9.38. The molecular formula is C9H16N4O3. The molecule has 0 saturated carbocycles. The second-order valence-electron chi connectivity index (χ2n) is 3.48. The zero-order chi connectivity index (χ0) is 12.0. The highest BCUT2D eigenvalue weighted by Gasteiger charge is 2.07. The van der Waals surface area contributed by atoms with Crippen molar-refractivity contribution in [3.63, 3.8) is 0 Å². The monoisotopic (exact) mass is 228 g/mol. The van der Waals surface area contributed by atoms with E-state index in [1.165, 1.54) is 10.9 Å². The molecule has 1 aromatic rings. The van der Waals surface area contributed by atoms with Crippen molar-refractivity contribution in [3.8, 4) is 0 Å². The second-order valence-corrected chi connectivity index (χ2v) is 3.48. The average molecular weight is 228 g/mol. The van der Waals surface area contributed by atoms with E-state index < -0.39 is 5.97 Å². The van der Waals surface area contributed by atoms with Crippen molar-refractivity contribution in [1.82, 2.24) is 20.3 Å². The molecule has 0 aliphatic rings. The van der Waals surface area contributed by atoms with E-state index in [-0.39, 0.29) is 11.7 Å². The van der Waals surface area contributed by atoms with E-state index in [2.05, 4.69) is 15.6 Å². The van der Waals surface area contributed by atoms with Crippen LogP contribution in [0.3, 0.4) is 0 Å². The standard InChI is InChI=1S/C9H16N4O3/c1-7(6-16-2)10-3-4-13-5-8(9(14)15)11-12-13/h5,7,10H,3-4,6H2,1-2H3,(H,14,15). The van der Waals surface area contributed by atoms with Crippen molar-refractivity contribution >= 4 is 5.97 Å². The lowest BCUT2D eigenvalue weighted by Crippen LogP contribution is -2.32. The molecule has 1 aromatic heterocycles. The van der Waals surface area contributed by atoms with E-state index in [1.807, 2.05) is 6.92 Å². The first-order chi connectivity index (χ1) is 7.63. The molecule has 0 aliphatic carbocycles. The third-order valence-electron chi connectivity index (χ3n) is 2.01. The van der Waals surface area contributed by atoms with Crippen molar-refractivity contribution in [2.75, 3.05) is 20.3 Å². The summed E-state index contributed by atoms with van der Waals surface area (Å²) >= 11 is 0. The molecule has 7 heteroatoms. The first kappa shape index (κ1) is 12.6. The largest absolute Gasteiger partial charge is 0.476 e. The average Bonchev–Trinajstić information content (AvgIpc) is 2.67. The van der Waals surface area contributed by atoms with Gasteiger partial charge in [0.25, 0.3) is 0 Å². The fourth-order valence-electron chi connectivity index (χ4n) is 1.24. The van der Waals surface area contributed by atoms with Crippen molar-refractivity contribution in [2.45, 2.75) is 19.5 Å². The smallest absolute Gasteiger partial charge is 0.358 e. The number of methoxy groups -OCH3 is 1. The Morgan fingerprint density at radius 2 is 2.50 bits per heavy atom. The summed E-state index contributed by atoms with van der Waals surface area (Å²) in [5, 5.41) is 19.0. The number of rotatable bonds is 7. The minimum atomic E-state index is -1.06. The number of ether oxygens (including phenoxy) is 1. The van der Waals surface area contributed by atoms with E-state index in [9.17, 15) is 4.79 Å².